The zero-order valence-corrected chi connectivity index (χ0v) is 8.05. The number of nitrogens with one attached hydrogen (secondary N) is 1. The maximum atomic E-state index is 11.1. The third kappa shape index (κ3) is 3.19. The lowest BCUT2D eigenvalue weighted by Crippen LogP contribution is -2.41. The van der Waals surface area contributed by atoms with Crippen molar-refractivity contribution in [2.75, 3.05) is 0 Å². The van der Waals surface area contributed by atoms with Crippen molar-refractivity contribution in [2.24, 2.45) is 0 Å². The molecule has 0 saturated carbocycles. The number of rotatable bonds is 4. The Morgan fingerprint density at radius 3 is 2.00 bits per heavy atom. The number of hydrogen-bond acceptors (Lipinski definition) is 3. The first kappa shape index (κ1) is 11.4. The lowest BCUT2D eigenvalue weighted by atomic mass is 10.4. The molecule has 12 heavy (non-hydrogen) atoms. The maximum absolute atomic E-state index is 11.1. The van der Waals surface area contributed by atoms with Gasteiger partial charge >= 0.3 is 5.97 Å². The summed E-state index contributed by atoms with van der Waals surface area (Å²) in [6.45, 7) is 4.25. The van der Waals surface area contributed by atoms with Gasteiger partial charge in [-0.15, -0.1) is 0 Å². The average Bonchev–Trinajstić information content (AvgIpc) is 1.85. The van der Waals surface area contributed by atoms with Crippen molar-refractivity contribution in [3.05, 3.63) is 0 Å². The van der Waals surface area contributed by atoms with Crippen LogP contribution in [0, 0.1) is 0 Å². The SMILES string of the molecule is CC(NS(=O)(=O)C(C)C)C(=O)O. The van der Waals surface area contributed by atoms with Gasteiger partial charge in [-0.1, -0.05) is 0 Å². The minimum absolute atomic E-state index is 0.612. The van der Waals surface area contributed by atoms with Crippen molar-refractivity contribution in [3.8, 4) is 0 Å². The Kier molecular flexibility index (Phi) is 3.66. The fourth-order valence-electron chi connectivity index (χ4n) is 0.433. The predicted molar refractivity (Wildman–Crippen MR) is 44.3 cm³/mol. The minimum atomic E-state index is -3.47. The van der Waals surface area contributed by atoms with Gasteiger partial charge < -0.3 is 5.11 Å². The van der Waals surface area contributed by atoms with E-state index in [-0.39, 0.29) is 0 Å². The van der Waals surface area contributed by atoms with E-state index >= 15 is 0 Å². The van der Waals surface area contributed by atoms with Crippen molar-refractivity contribution < 1.29 is 18.3 Å². The van der Waals surface area contributed by atoms with Gasteiger partial charge in [0.15, 0.2) is 0 Å². The molecule has 0 radical (unpaired) electrons. The molecule has 0 aromatic carbocycles. The largest absolute Gasteiger partial charge is 0.480 e. The summed E-state index contributed by atoms with van der Waals surface area (Å²) in [5, 5.41) is 7.79. The summed E-state index contributed by atoms with van der Waals surface area (Å²) in [5.41, 5.74) is 0. The highest BCUT2D eigenvalue weighted by Crippen LogP contribution is 1.97. The van der Waals surface area contributed by atoms with Crippen molar-refractivity contribution in [3.63, 3.8) is 0 Å². The van der Waals surface area contributed by atoms with Crippen LogP contribution in [0.1, 0.15) is 20.8 Å². The summed E-state index contributed by atoms with van der Waals surface area (Å²) < 4.78 is 24.2. The molecule has 5 nitrogen and oxygen atoms in total. The van der Waals surface area contributed by atoms with E-state index in [0.717, 1.165) is 0 Å². The van der Waals surface area contributed by atoms with Crippen molar-refractivity contribution >= 4 is 16.0 Å². The van der Waals surface area contributed by atoms with E-state index < -0.39 is 27.3 Å². The van der Waals surface area contributed by atoms with Crippen LogP contribution >= 0.6 is 0 Å². The van der Waals surface area contributed by atoms with Crippen LogP contribution in [0.3, 0.4) is 0 Å². The molecule has 0 aromatic rings. The summed E-state index contributed by atoms with van der Waals surface area (Å²) in [6, 6.07) is -1.07. The first-order chi connectivity index (χ1) is 5.27. The third-order valence-corrected chi connectivity index (χ3v) is 3.26. The molecule has 72 valence electrons. The standard InChI is InChI=1S/C6H13NO4S/c1-4(2)12(10,11)7-5(3)6(8)9/h4-5,7H,1-3H3,(H,8,9). The van der Waals surface area contributed by atoms with Crippen LogP contribution in [-0.2, 0) is 14.8 Å². The highest BCUT2D eigenvalue weighted by molar-refractivity contribution is 7.90. The van der Waals surface area contributed by atoms with E-state index in [1.54, 1.807) is 0 Å². The average molecular weight is 195 g/mol. The Labute approximate surface area is 71.8 Å². The van der Waals surface area contributed by atoms with E-state index in [9.17, 15) is 13.2 Å². The van der Waals surface area contributed by atoms with Crippen LogP contribution in [0.25, 0.3) is 0 Å². The Bertz CT molecular complexity index is 257. The summed E-state index contributed by atoms with van der Waals surface area (Å²) in [6.07, 6.45) is 0. The normalized spacial score (nSPS) is 14.7. The van der Waals surface area contributed by atoms with Gasteiger partial charge in [-0.25, -0.2) is 13.1 Å². The van der Waals surface area contributed by atoms with Gasteiger partial charge in [-0.2, -0.15) is 0 Å². The van der Waals surface area contributed by atoms with E-state index in [1.165, 1.54) is 20.8 Å². The van der Waals surface area contributed by atoms with E-state index in [4.69, 9.17) is 5.11 Å². The molecule has 1 unspecified atom stereocenters. The molecule has 0 saturated heterocycles. The maximum Gasteiger partial charge on any atom is 0.321 e. The monoisotopic (exact) mass is 195 g/mol. The molecular formula is C6H13NO4S. The van der Waals surface area contributed by atoms with Gasteiger partial charge in [-0.3, -0.25) is 4.79 Å². The van der Waals surface area contributed by atoms with Crippen LogP contribution in [-0.4, -0.2) is 30.8 Å². The zero-order valence-electron chi connectivity index (χ0n) is 7.23. The van der Waals surface area contributed by atoms with Crippen LogP contribution in [0.2, 0.25) is 0 Å². The second-order valence-corrected chi connectivity index (χ2v) is 5.04. The van der Waals surface area contributed by atoms with Crippen molar-refractivity contribution in [2.45, 2.75) is 32.1 Å². The van der Waals surface area contributed by atoms with E-state index in [1.807, 2.05) is 4.72 Å². The Hall–Kier alpha value is -0.620. The fraction of sp³-hybridized carbons (Fsp3) is 0.833. The molecule has 0 bridgehead atoms. The van der Waals surface area contributed by atoms with Gasteiger partial charge in [-0.05, 0) is 20.8 Å². The highest BCUT2D eigenvalue weighted by Gasteiger charge is 2.21. The van der Waals surface area contributed by atoms with Crippen LogP contribution in [0.15, 0.2) is 0 Å². The molecule has 0 amide bonds. The highest BCUT2D eigenvalue weighted by atomic mass is 32.2. The molecule has 0 heterocycles. The number of carboxylic acids is 1. The van der Waals surface area contributed by atoms with Gasteiger partial charge in [0.2, 0.25) is 10.0 Å². The fourth-order valence-corrected chi connectivity index (χ4v) is 1.30. The molecule has 0 fully saturated rings. The topological polar surface area (TPSA) is 83.5 Å². The number of carbonyl (C=O) groups is 1. The summed E-state index contributed by atoms with van der Waals surface area (Å²) in [7, 11) is -3.47. The lowest BCUT2D eigenvalue weighted by molar-refractivity contribution is -0.138. The minimum Gasteiger partial charge on any atom is -0.480 e. The summed E-state index contributed by atoms with van der Waals surface area (Å²) in [5.74, 6) is -1.18. The molecule has 2 N–H and O–H groups in total. The second kappa shape index (κ2) is 3.86. The lowest BCUT2D eigenvalue weighted by Gasteiger charge is -2.12. The number of carboxylic acid groups (broad SMARTS) is 1. The molecular weight excluding hydrogens is 182 g/mol. The van der Waals surface area contributed by atoms with Crippen LogP contribution in [0.5, 0.6) is 0 Å². The van der Waals surface area contributed by atoms with Crippen LogP contribution in [0.4, 0.5) is 0 Å². The van der Waals surface area contributed by atoms with Gasteiger partial charge in [0.1, 0.15) is 6.04 Å². The molecule has 0 aromatic heterocycles. The van der Waals surface area contributed by atoms with E-state index in [0.29, 0.717) is 0 Å². The Balaban J connectivity index is 4.37. The molecule has 0 spiro atoms. The van der Waals surface area contributed by atoms with Crippen molar-refractivity contribution in [1.82, 2.24) is 4.72 Å². The second-order valence-electron chi connectivity index (χ2n) is 2.77. The summed E-state index contributed by atoms with van der Waals surface area (Å²) in [4.78, 5) is 10.3. The quantitative estimate of drug-likeness (QED) is 0.650. The van der Waals surface area contributed by atoms with Gasteiger partial charge in [0.05, 0.1) is 5.25 Å². The number of hydrogen-bond donors (Lipinski definition) is 2. The number of aliphatic carboxylic acids is 1. The molecule has 1 atom stereocenters. The number of sulfonamides is 1. The molecule has 0 rings (SSSR count). The predicted octanol–water partition coefficient (Wildman–Crippen LogP) is -0.213. The summed E-state index contributed by atoms with van der Waals surface area (Å²) >= 11 is 0. The molecule has 0 aliphatic rings. The first-order valence-corrected chi connectivity index (χ1v) is 5.06. The Morgan fingerprint density at radius 1 is 1.33 bits per heavy atom. The van der Waals surface area contributed by atoms with Gasteiger partial charge in [0, 0.05) is 0 Å². The van der Waals surface area contributed by atoms with Crippen molar-refractivity contribution in [1.29, 1.82) is 0 Å². The smallest absolute Gasteiger partial charge is 0.321 e. The molecule has 6 heteroatoms. The van der Waals surface area contributed by atoms with Crippen LogP contribution < -0.4 is 4.72 Å². The van der Waals surface area contributed by atoms with Gasteiger partial charge in [0.25, 0.3) is 0 Å². The third-order valence-electron chi connectivity index (χ3n) is 1.33. The Morgan fingerprint density at radius 2 is 1.75 bits per heavy atom. The zero-order chi connectivity index (χ0) is 9.94. The molecule has 0 aliphatic carbocycles. The first-order valence-electron chi connectivity index (χ1n) is 3.51. The van der Waals surface area contributed by atoms with E-state index in [2.05, 4.69) is 0 Å². The molecule has 0 aliphatic heterocycles.